The molecule has 21 heavy (non-hydrogen) atoms. The van der Waals surface area contributed by atoms with Crippen molar-refractivity contribution in [1.29, 1.82) is 0 Å². The normalized spacial score (nSPS) is 11.6. The van der Waals surface area contributed by atoms with Gasteiger partial charge in [0.1, 0.15) is 5.75 Å². The summed E-state index contributed by atoms with van der Waals surface area (Å²) >= 11 is 0. The first-order valence-electron chi connectivity index (χ1n) is 6.64. The molecule has 0 aliphatic carbocycles. The fourth-order valence-electron chi connectivity index (χ4n) is 1.58. The lowest BCUT2D eigenvalue weighted by molar-refractivity contribution is -0.127. The standard InChI is InChI=1S/C14H23N3O2.2ClH/c1-4-14(15,5-2)10-17-13(18)11(3)19-12-7-6-8-16-9-12;;/h6-9,11H,4-5,10,15H2,1-3H3,(H,17,18);2*1H. The molecular formula is C14H25Cl2N3O2. The van der Waals surface area contributed by atoms with Crippen molar-refractivity contribution in [3.8, 4) is 5.75 Å². The number of hydrogen-bond donors (Lipinski definition) is 2. The van der Waals surface area contributed by atoms with Crippen molar-refractivity contribution in [3.05, 3.63) is 24.5 Å². The highest BCUT2D eigenvalue weighted by Gasteiger charge is 2.23. The van der Waals surface area contributed by atoms with E-state index in [2.05, 4.69) is 10.3 Å². The van der Waals surface area contributed by atoms with Crippen LogP contribution in [0.5, 0.6) is 5.75 Å². The van der Waals surface area contributed by atoms with Crippen LogP contribution in [0.4, 0.5) is 0 Å². The van der Waals surface area contributed by atoms with E-state index >= 15 is 0 Å². The number of carbonyl (C=O) groups is 1. The number of nitrogens with one attached hydrogen (secondary N) is 1. The third-order valence-electron chi connectivity index (χ3n) is 3.34. The number of amides is 1. The molecule has 0 saturated heterocycles. The van der Waals surface area contributed by atoms with Gasteiger partial charge in [0.05, 0.1) is 6.20 Å². The van der Waals surface area contributed by atoms with Crippen molar-refractivity contribution >= 4 is 30.7 Å². The first-order chi connectivity index (χ1) is 9.00. The lowest BCUT2D eigenvalue weighted by Gasteiger charge is -2.27. The molecular weight excluding hydrogens is 313 g/mol. The van der Waals surface area contributed by atoms with E-state index < -0.39 is 6.10 Å². The van der Waals surface area contributed by atoms with Crippen LogP contribution in [0.2, 0.25) is 0 Å². The Balaban J connectivity index is 0. The second-order valence-corrected chi connectivity index (χ2v) is 4.74. The average molecular weight is 338 g/mol. The number of nitrogens with two attached hydrogens (primary N) is 1. The van der Waals surface area contributed by atoms with Gasteiger partial charge in [-0.15, -0.1) is 24.8 Å². The van der Waals surface area contributed by atoms with E-state index in [4.69, 9.17) is 10.5 Å². The van der Waals surface area contributed by atoms with Crippen LogP contribution in [0.1, 0.15) is 33.6 Å². The molecule has 0 saturated carbocycles. The molecule has 0 spiro atoms. The van der Waals surface area contributed by atoms with Gasteiger partial charge in [0.2, 0.25) is 0 Å². The molecule has 1 aromatic rings. The molecule has 0 aliphatic heterocycles. The van der Waals surface area contributed by atoms with Gasteiger partial charge < -0.3 is 15.8 Å². The van der Waals surface area contributed by atoms with E-state index in [0.717, 1.165) is 12.8 Å². The number of hydrogen-bond acceptors (Lipinski definition) is 4. The highest BCUT2D eigenvalue weighted by Crippen LogP contribution is 2.11. The van der Waals surface area contributed by atoms with Crippen molar-refractivity contribution in [2.75, 3.05) is 6.54 Å². The third-order valence-corrected chi connectivity index (χ3v) is 3.34. The second-order valence-electron chi connectivity index (χ2n) is 4.74. The number of carbonyl (C=O) groups excluding carboxylic acids is 1. The second kappa shape index (κ2) is 10.7. The Morgan fingerprint density at radius 3 is 2.52 bits per heavy atom. The molecule has 0 radical (unpaired) electrons. The summed E-state index contributed by atoms with van der Waals surface area (Å²) in [6, 6.07) is 3.53. The Labute approximate surface area is 138 Å². The molecule has 5 nitrogen and oxygen atoms in total. The van der Waals surface area contributed by atoms with Gasteiger partial charge in [0.25, 0.3) is 5.91 Å². The zero-order valence-electron chi connectivity index (χ0n) is 12.7. The molecule has 0 aliphatic rings. The molecule has 0 fully saturated rings. The zero-order valence-corrected chi connectivity index (χ0v) is 14.3. The predicted octanol–water partition coefficient (Wildman–Crippen LogP) is 2.33. The van der Waals surface area contributed by atoms with Gasteiger partial charge in [-0.1, -0.05) is 13.8 Å². The minimum Gasteiger partial charge on any atom is -0.479 e. The van der Waals surface area contributed by atoms with E-state index in [0.29, 0.717) is 12.3 Å². The summed E-state index contributed by atoms with van der Waals surface area (Å²) in [4.78, 5) is 15.8. The molecule has 1 unspecified atom stereocenters. The molecule has 3 N–H and O–H groups in total. The smallest absolute Gasteiger partial charge is 0.260 e. The summed E-state index contributed by atoms with van der Waals surface area (Å²) in [6.07, 6.45) is 4.31. The molecule has 1 aromatic heterocycles. The Hall–Kier alpha value is -1.04. The minimum atomic E-state index is -0.567. The molecule has 1 rings (SSSR count). The van der Waals surface area contributed by atoms with Gasteiger partial charge >= 0.3 is 0 Å². The highest BCUT2D eigenvalue weighted by atomic mass is 35.5. The van der Waals surface area contributed by atoms with Crippen molar-refractivity contribution in [2.45, 2.75) is 45.3 Å². The Morgan fingerprint density at radius 2 is 2.05 bits per heavy atom. The lowest BCUT2D eigenvalue weighted by Crippen LogP contribution is -2.51. The number of nitrogens with zero attached hydrogens (tertiary/aromatic N) is 1. The monoisotopic (exact) mass is 337 g/mol. The van der Waals surface area contributed by atoms with Gasteiger partial charge in [0, 0.05) is 18.3 Å². The maximum atomic E-state index is 11.9. The summed E-state index contributed by atoms with van der Waals surface area (Å²) in [6.45, 7) is 6.20. The van der Waals surface area contributed by atoms with Crippen LogP contribution in [-0.2, 0) is 4.79 Å². The summed E-state index contributed by atoms with van der Waals surface area (Å²) in [5.41, 5.74) is 5.79. The number of halogens is 2. The molecule has 1 atom stereocenters. The van der Waals surface area contributed by atoms with Crippen molar-refractivity contribution in [3.63, 3.8) is 0 Å². The molecule has 1 heterocycles. The predicted molar refractivity (Wildman–Crippen MR) is 89.3 cm³/mol. The topological polar surface area (TPSA) is 77.2 Å². The van der Waals surface area contributed by atoms with Crippen molar-refractivity contribution in [2.24, 2.45) is 5.73 Å². The molecule has 122 valence electrons. The molecule has 0 aromatic carbocycles. The van der Waals surface area contributed by atoms with Gasteiger partial charge in [-0.05, 0) is 31.9 Å². The van der Waals surface area contributed by atoms with Gasteiger partial charge in [-0.3, -0.25) is 9.78 Å². The van der Waals surface area contributed by atoms with Gasteiger partial charge in [-0.2, -0.15) is 0 Å². The summed E-state index contributed by atoms with van der Waals surface area (Å²) in [7, 11) is 0. The van der Waals surface area contributed by atoms with Crippen molar-refractivity contribution in [1.82, 2.24) is 10.3 Å². The van der Waals surface area contributed by atoms with Gasteiger partial charge in [-0.25, -0.2) is 0 Å². The fraction of sp³-hybridized carbons (Fsp3) is 0.571. The average Bonchev–Trinajstić information content (AvgIpc) is 2.45. The number of rotatable bonds is 7. The maximum absolute atomic E-state index is 11.9. The first kappa shape index (κ1) is 22.2. The van der Waals surface area contributed by atoms with Crippen LogP contribution in [0, 0.1) is 0 Å². The highest BCUT2D eigenvalue weighted by molar-refractivity contribution is 5.85. The zero-order chi connectivity index (χ0) is 14.3. The van der Waals surface area contributed by atoms with Gasteiger partial charge in [0.15, 0.2) is 6.10 Å². The number of ether oxygens (including phenoxy) is 1. The minimum absolute atomic E-state index is 0. The first-order valence-corrected chi connectivity index (χ1v) is 6.64. The lowest BCUT2D eigenvalue weighted by atomic mass is 9.94. The largest absolute Gasteiger partial charge is 0.479 e. The van der Waals surface area contributed by atoms with Crippen LogP contribution in [0.15, 0.2) is 24.5 Å². The van der Waals surface area contributed by atoms with E-state index in [1.165, 1.54) is 0 Å². The Kier molecular flexibility index (Phi) is 11.3. The summed E-state index contributed by atoms with van der Waals surface area (Å²) < 4.78 is 5.49. The van der Waals surface area contributed by atoms with Crippen molar-refractivity contribution < 1.29 is 9.53 Å². The quantitative estimate of drug-likeness (QED) is 0.800. The van der Waals surface area contributed by atoms with Crippen LogP contribution >= 0.6 is 24.8 Å². The Bertz CT molecular complexity index is 400. The van der Waals surface area contributed by atoms with Crippen LogP contribution in [-0.4, -0.2) is 29.1 Å². The maximum Gasteiger partial charge on any atom is 0.260 e. The molecule has 1 amide bonds. The number of pyridine rings is 1. The van der Waals surface area contributed by atoms with Crippen LogP contribution in [0.25, 0.3) is 0 Å². The SMILES string of the molecule is CCC(N)(CC)CNC(=O)C(C)Oc1cccnc1.Cl.Cl. The summed E-state index contributed by atoms with van der Waals surface area (Å²) in [5.74, 6) is 0.413. The summed E-state index contributed by atoms with van der Waals surface area (Å²) in [5, 5.41) is 2.84. The van der Waals surface area contributed by atoms with E-state index in [9.17, 15) is 4.79 Å². The molecule has 0 bridgehead atoms. The Morgan fingerprint density at radius 1 is 1.43 bits per heavy atom. The van der Waals surface area contributed by atoms with E-state index in [1.54, 1.807) is 31.5 Å². The van der Waals surface area contributed by atoms with E-state index in [-0.39, 0.29) is 36.3 Å². The number of aromatic nitrogens is 1. The molecule has 7 heteroatoms. The van der Waals surface area contributed by atoms with E-state index in [1.807, 2.05) is 13.8 Å². The van der Waals surface area contributed by atoms with Crippen LogP contribution < -0.4 is 15.8 Å². The fourth-order valence-corrected chi connectivity index (χ4v) is 1.58. The van der Waals surface area contributed by atoms with Crippen LogP contribution in [0.3, 0.4) is 0 Å². The third kappa shape index (κ3) is 7.50.